The number of allylic oxidation sites excluding steroid dienone is 2. The number of benzene rings is 2. The predicted molar refractivity (Wildman–Crippen MR) is 91.9 cm³/mol. The summed E-state index contributed by atoms with van der Waals surface area (Å²) in [5.74, 6) is 1.73. The molecule has 0 radical (unpaired) electrons. The van der Waals surface area contributed by atoms with E-state index < -0.39 is 0 Å². The highest BCUT2D eigenvalue weighted by atomic mass is 16.5. The van der Waals surface area contributed by atoms with E-state index in [2.05, 4.69) is 50.3 Å². The van der Waals surface area contributed by atoms with Crippen molar-refractivity contribution in [3.63, 3.8) is 0 Å². The Kier molecular flexibility index (Phi) is 5.26. The molecule has 0 saturated carbocycles. The van der Waals surface area contributed by atoms with Gasteiger partial charge in [-0.15, -0.1) is 0 Å². The molecular weight excluding hydrogens is 272 g/mol. The van der Waals surface area contributed by atoms with Crippen molar-refractivity contribution in [1.29, 1.82) is 0 Å². The van der Waals surface area contributed by atoms with Crippen LogP contribution >= 0.6 is 0 Å². The zero-order valence-electron chi connectivity index (χ0n) is 13.8. The highest BCUT2D eigenvalue weighted by Gasteiger charge is 2.22. The Labute approximate surface area is 133 Å². The lowest BCUT2D eigenvalue weighted by molar-refractivity contribution is 0.392. The van der Waals surface area contributed by atoms with Crippen molar-refractivity contribution in [3.8, 4) is 11.5 Å². The van der Waals surface area contributed by atoms with Crippen molar-refractivity contribution in [2.24, 2.45) is 0 Å². The number of rotatable bonds is 6. The van der Waals surface area contributed by atoms with Gasteiger partial charge in [0.15, 0.2) is 0 Å². The van der Waals surface area contributed by atoms with Crippen LogP contribution in [0.15, 0.2) is 60.7 Å². The molecule has 0 spiro atoms. The first-order valence-electron chi connectivity index (χ1n) is 7.51. The summed E-state index contributed by atoms with van der Waals surface area (Å²) in [5, 5.41) is 0. The van der Waals surface area contributed by atoms with Gasteiger partial charge in [-0.25, -0.2) is 0 Å². The van der Waals surface area contributed by atoms with Crippen LogP contribution < -0.4 is 9.47 Å². The van der Waals surface area contributed by atoms with Gasteiger partial charge in [0.05, 0.1) is 14.2 Å². The monoisotopic (exact) mass is 296 g/mol. The lowest BCUT2D eigenvalue weighted by Crippen LogP contribution is -2.15. The van der Waals surface area contributed by atoms with Crippen LogP contribution in [0.3, 0.4) is 0 Å². The number of hydrogen-bond donors (Lipinski definition) is 0. The Morgan fingerprint density at radius 2 is 1.68 bits per heavy atom. The van der Waals surface area contributed by atoms with E-state index in [0.29, 0.717) is 0 Å². The van der Waals surface area contributed by atoms with Gasteiger partial charge in [-0.1, -0.05) is 56.3 Å². The maximum absolute atomic E-state index is 5.51. The van der Waals surface area contributed by atoms with Crippen molar-refractivity contribution >= 4 is 0 Å². The molecule has 0 amide bonds. The molecule has 2 aromatic rings. The van der Waals surface area contributed by atoms with E-state index in [1.165, 1.54) is 5.56 Å². The van der Waals surface area contributed by atoms with E-state index in [0.717, 1.165) is 23.5 Å². The van der Waals surface area contributed by atoms with Gasteiger partial charge in [0.25, 0.3) is 0 Å². The van der Waals surface area contributed by atoms with E-state index in [9.17, 15) is 0 Å². The van der Waals surface area contributed by atoms with Crippen LogP contribution in [-0.2, 0) is 11.8 Å². The van der Waals surface area contributed by atoms with Gasteiger partial charge < -0.3 is 9.47 Å². The molecule has 2 rings (SSSR count). The Hall–Kier alpha value is -2.22. The predicted octanol–water partition coefficient (Wildman–Crippen LogP) is 4.78. The summed E-state index contributed by atoms with van der Waals surface area (Å²) in [6, 6.07) is 16.4. The van der Waals surface area contributed by atoms with Crippen molar-refractivity contribution in [1.82, 2.24) is 0 Å². The summed E-state index contributed by atoms with van der Waals surface area (Å²) in [6.45, 7) is 4.37. The molecule has 0 N–H and O–H groups in total. The first-order chi connectivity index (χ1) is 10.6. The van der Waals surface area contributed by atoms with Gasteiger partial charge in [0, 0.05) is 11.0 Å². The lowest BCUT2D eigenvalue weighted by atomic mass is 9.83. The topological polar surface area (TPSA) is 18.5 Å². The third kappa shape index (κ3) is 3.91. The summed E-state index contributed by atoms with van der Waals surface area (Å²) >= 11 is 0. The van der Waals surface area contributed by atoms with E-state index in [-0.39, 0.29) is 5.41 Å². The second kappa shape index (κ2) is 7.17. The quantitative estimate of drug-likeness (QED) is 0.714. The maximum Gasteiger partial charge on any atom is 0.123 e. The molecule has 116 valence electrons. The maximum atomic E-state index is 5.51. The molecule has 0 fully saturated rings. The van der Waals surface area contributed by atoms with Gasteiger partial charge in [-0.05, 0) is 30.2 Å². The second-order valence-electron chi connectivity index (χ2n) is 5.88. The number of hydrogen-bond acceptors (Lipinski definition) is 2. The van der Waals surface area contributed by atoms with Crippen LogP contribution in [0, 0.1) is 0 Å². The van der Waals surface area contributed by atoms with E-state index in [1.807, 2.05) is 24.3 Å². The number of ether oxygens (including phenoxy) is 2. The van der Waals surface area contributed by atoms with Gasteiger partial charge in [0.2, 0.25) is 0 Å². The highest BCUT2D eigenvalue weighted by molar-refractivity contribution is 5.46. The number of methoxy groups -OCH3 is 2. The summed E-state index contributed by atoms with van der Waals surface area (Å²) in [5.41, 5.74) is 2.31. The summed E-state index contributed by atoms with van der Waals surface area (Å²) in [4.78, 5) is 0. The van der Waals surface area contributed by atoms with Crippen molar-refractivity contribution in [3.05, 3.63) is 71.8 Å². The minimum Gasteiger partial charge on any atom is -0.497 e. The van der Waals surface area contributed by atoms with Crippen molar-refractivity contribution < 1.29 is 9.47 Å². The average molecular weight is 296 g/mol. The molecule has 2 heteroatoms. The third-order valence-electron chi connectivity index (χ3n) is 3.83. The second-order valence-corrected chi connectivity index (χ2v) is 5.88. The molecule has 0 heterocycles. The molecule has 2 aromatic carbocycles. The summed E-state index contributed by atoms with van der Waals surface area (Å²) in [6.07, 6.45) is 5.38. The molecule has 0 unspecified atom stereocenters. The standard InChI is InChI=1S/C20H24O2/c1-20(2,14-8-11-16-9-6-5-7-10-16)18-15-17(21-3)12-13-19(18)22-4/h5-10,12-15H,11H2,1-4H3. The Balaban J connectivity index is 2.22. The van der Waals surface area contributed by atoms with Crippen molar-refractivity contribution in [2.45, 2.75) is 25.7 Å². The van der Waals surface area contributed by atoms with Crippen LogP contribution in [0.5, 0.6) is 11.5 Å². The Morgan fingerprint density at radius 3 is 2.32 bits per heavy atom. The van der Waals surface area contributed by atoms with Crippen molar-refractivity contribution in [2.75, 3.05) is 14.2 Å². The van der Waals surface area contributed by atoms with Gasteiger partial charge >= 0.3 is 0 Å². The van der Waals surface area contributed by atoms with E-state index in [1.54, 1.807) is 14.2 Å². The van der Waals surface area contributed by atoms with Crippen LogP contribution in [0.4, 0.5) is 0 Å². The zero-order chi connectivity index (χ0) is 16.0. The molecular formula is C20H24O2. The molecule has 0 aliphatic rings. The summed E-state index contributed by atoms with van der Waals surface area (Å²) < 4.78 is 10.8. The SMILES string of the molecule is COc1ccc(OC)c(C(C)(C)C=CCc2ccccc2)c1. The molecule has 0 aliphatic carbocycles. The lowest BCUT2D eigenvalue weighted by Gasteiger charge is -2.24. The summed E-state index contributed by atoms with van der Waals surface area (Å²) in [7, 11) is 3.39. The van der Waals surface area contributed by atoms with E-state index in [4.69, 9.17) is 9.47 Å². The molecule has 22 heavy (non-hydrogen) atoms. The molecule has 0 atom stereocenters. The molecule has 0 aliphatic heterocycles. The Morgan fingerprint density at radius 1 is 0.955 bits per heavy atom. The first-order valence-corrected chi connectivity index (χ1v) is 7.51. The fourth-order valence-corrected chi connectivity index (χ4v) is 2.51. The molecule has 0 saturated heterocycles. The first kappa shape index (κ1) is 16.2. The fraction of sp³-hybridized carbons (Fsp3) is 0.300. The van der Waals surface area contributed by atoms with Gasteiger partial charge in [-0.3, -0.25) is 0 Å². The van der Waals surface area contributed by atoms with Crippen LogP contribution in [0.2, 0.25) is 0 Å². The Bertz CT molecular complexity index is 627. The van der Waals surface area contributed by atoms with Gasteiger partial charge in [0.1, 0.15) is 11.5 Å². The third-order valence-corrected chi connectivity index (χ3v) is 3.83. The highest BCUT2D eigenvalue weighted by Crippen LogP contribution is 2.35. The van der Waals surface area contributed by atoms with Crippen LogP contribution in [-0.4, -0.2) is 14.2 Å². The van der Waals surface area contributed by atoms with Gasteiger partial charge in [-0.2, -0.15) is 0 Å². The minimum atomic E-state index is -0.130. The zero-order valence-corrected chi connectivity index (χ0v) is 13.8. The minimum absolute atomic E-state index is 0.130. The smallest absolute Gasteiger partial charge is 0.123 e. The largest absolute Gasteiger partial charge is 0.497 e. The normalized spacial score (nSPS) is 11.6. The fourth-order valence-electron chi connectivity index (χ4n) is 2.51. The molecule has 0 aromatic heterocycles. The molecule has 2 nitrogen and oxygen atoms in total. The van der Waals surface area contributed by atoms with Crippen LogP contribution in [0.1, 0.15) is 25.0 Å². The average Bonchev–Trinajstić information content (AvgIpc) is 2.55. The molecule has 0 bridgehead atoms. The van der Waals surface area contributed by atoms with Crippen LogP contribution in [0.25, 0.3) is 0 Å². The van der Waals surface area contributed by atoms with E-state index >= 15 is 0 Å².